The molecule has 106 valence electrons. The first kappa shape index (κ1) is 14.5. The van der Waals surface area contributed by atoms with E-state index in [1.807, 2.05) is 11.4 Å². The molecular formula is C14H16N2O3S. The van der Waals surface area contributed by atoms with Gasteiger partial charge in [0.2, 0.25) is 0 Å². The second-order valence-electron chi connectivity index (χ2n) is 4.41. The third kappa shape index (κ3) is 3.55. The zero-order valence-electron chi connectivity index (χ0n) is 11.3. The molecule has 1 atom stereocenters. The Balaban J connectivity index is 2.09. The molecule has 0 spiro atoms. The molecule has 6 heteroatoms. The van der Waals surface area contributed by atoms with Crippen LogP contribution in [0.4, 0.5) is 5.69 Å². The molecule has 1 aromatic heterocycles. The largest absolute Gasteiger partial charge is 0.496 e. The van der Waals surface area contributed by atoms with E-state index in [1.165, 1.54) is 18.1 Å². The minimum absolute atomic E-state index is 0.0462. The highest BCUT2D eigenvalue weighted by atomic mass is 32.1. The van der Waals surface area contributed by atoms with Crippen LogP contribution in [0.2, 0.25) is 0 Å². The van der Waals surface area contributed by atoms with Gasteiger partial charge in [-0.1, -0.05) is 6.07 Å². The number of hydrogen-bond donors (Lipinski definition) is 1. The molecule has 0 aliphatic carbocycles. The van der Waals surface area contributed by atoms with Gasteiger partial charge in [-0.15, -0.1) is 11.3 Å². The van der Waals surface area contributed by atoms with Crippen LogP contribution in [-0.4, -0.2) is 12.0 Å². The fourth-order valence-electron chi connectivity index (χ4n) is 1.88. The van der Waals surface area contributed by atoms with E-state index in [0.29, 0.717) is 12.3 Å². The first-order valence-electron chi connectivity index (χ1n) is 6.19. The third-order valence-electron chi connectivity index (χ3n) is 2.98. The summed E-state index contributed by atoms with van der Waals surface area (Å²) in [5.74, 6) is 0.500. The van der Waals surface area contributed by atoms with Crippen molar-refractivity contribution in [2.45, 2.75) is 19.5 Å². The zero-order chi connectivity index (χ0) is 14.5. The van der Waals surface area contributed by atoms with Gasteiger partial charge in [-0.05, 0) is 30.0 Å². The van der Waals surface area contributed by atoms with Crippen molar-refractivity contribution in [1.82, 2.24) is 5.32 Å². The van der Waals surface area contributed by atoms with Crippen LogP contribution in [0.3, 0.4) is 0 Å². The second kappa shape index (κ2) is 6.49. The number of methoxy groups -OCH3 is 1. The van der Waals surface area contributed by atoms with Crippen molar-refractivity contribution in [3.05, 3.63) is 56.3 Å². The fraction of sp³-hybridized carbons (Fsp3) is 0.286. The number of benzene rings is 1. The number of nitro groups is 1. The van der Waals surface area contributed by atoms with Gasteiger partial charge in [-0.2, -0.15) is 0 Å². The van der Waals surface area contributed by atoms with Gasteiger partial charge in [0, 0.05) is 23.5 Å². The summed E-state index contributed by atoms with van der Waals surface area (Å²) in [6, 6.07) is 9.08. The Labute approximate surface area is 121 Å². The van der Waals surface area contributed by atoms with Crippen molar-refractivity contribution in [3.63, 3.8) is 0 Å². The summed E-state index contributed by atoms with van der Waals surface area (Å²) in [5, 5.41) is 16.3. The first-order valence-corrected chi connectivity index (χ1v) is 7.07. The summed E-state index contributed by atoms with van der Waals surface area (Å²) in [5.41, 5.74) is 0.879. The fourth-order valence-corrected chi connectivity index (χ4v) is 2.64. The Morgan fingerprint density at radius 1 is 1.45 bits per heavy atom. The Morgan fingerprint density at radius 3 is 2.85 bits per heavy atom. The van der Waals surface area contributed by atoms with Crippen LogP contribution >= 0.6 is 11.3 Å². The lowest BCUT2D eigenvalue weighted by Gasteiger charge is -2.12. The van der Waals surface area contributed by atoms with E-state index in [2.05, 4.69) is 18.3 Å². The second-order valence-corrected chi connectivity index (χ2v) is 5.39. The molecule has 2 aromatic rings. The molecule has 0 bridgehead atoms. The molecule has 1 N–H and O–H groups in total. The molecule has 0 radical (unpaired) electrons. The summed E-state index contributed by atoms with van der Waals surface area (Å²) >= 11 is 1.69. The molecule has 0 saturated carbocycles. The molecular weight excluding hydrogens is 276 g/mol. The van der Waals surface area contributed by atoms with Crippen molar-refractivity contribution in [1.29, 1.82) is 0 Å². The van der Waals surface area contributed by atoms with E-state index >= 15 is 0 Å². The number of hydrogen-bond acceptors (Lipinski definition) is 5. The number of thiophene rings is 1. The summed E-state index contributed by atoms with van der Waals surface area (Å²) in [6.07, 6.45) is 0. The van der Waals surface area contributed by atoms with Crippen molar-refractivity contribution < 1.29 is 9.66 Å². The number of non-ortho nitro benzene ring substituents is 1. The highest BCUT2D eigenvalue weighted by Gasteiger charge is 2.11. The average molecular weight is 292 g/mol. The predicted molar refractivity (Wildman–Crippen MR) is 79.2 cm³/mol. The molecule has 1 heterocycles. The molecule has 0 saturated heterocycles. The van der Waals surface area contributed by atoms with Crippen LogP contribution in [-0.2, 0) is 6.54 Å². The van der Waals surface area contributed by atoms with Gasteiger partial charge in [-0.25, -0.2) is 0 Å². The maximum absolute atomic E-state index is 10.9. The lowest BCUT2D eigenvalue weighted by atomic mass is 10.1. The minimum Gasteiger partial charge on any atom is -0.496 e. The van der Waals surface area contributed by atoms with Crippen LogP contribution in [0, 0.1) is 10.1 Å². The molecule has 1 aromatic carbocycles. The van der Waals surface area contributed by atoms with Crippen molar-refractivity contribution in [2.24, 2.45) is 0 Å². The van der Waals surface area contributed by atoms with Gasteiger partial charge in [-0.3, -0.25) is 10.1 Å². The molecule has 2 rings (SSSR count). The summed E-state index contributed by atoms with van der Waals surface area (Å²) in [4.78, 5) is 11.7. The Bertz CT molecular complexity index is 584. The summed E-state index contributed by atoms with van der Waals surface area (Å²) in [7, 11) is 1.50. The number of nitrogens with one attached hydrogen (secondary N) is 1. The standard InChI is InChI=1S/C14H16N2O3S/c1-10(14-4-3-5-20-14)15-9-11-6-12(16(17)18)8-13(7-11)19-2/h3-8,10,15H,9H2,1-2H3/t10-/m1/s1. The molecule has 0 aliphatic heterocycles. The topological polar surface area (TPSA) is 64.4 Å². The SMILES string of the molecule is COc1cc(CN[C@H](C)c2cccs2)cc([N+](=O)[O-])c1. The Kier molecular flexibility index (Phi) is 4.70. The highest BCUT2D eigenvalue weighted by Crippen LogP contribution is 2.24. The van der Waals surface area contributed by atoms with Gasteiger partial charge in [0.1, 0.15) is 5.75 Å². The van der Waals surface area contributed by atoms with E-state index in [-0.39, 0.29) is 11.7 Å². The summed E-state index contributed by atoms with van der Waals surface area (Å²) < 4.78 is 5.09. The monoisotopic (exact) mass is 292 g/mol. The quantitative estimate of drug-likeness (QED) is 0.653. The van der Waals surface area contributed by atoms with Gasteiger partial charge in [0.15, 0.2) is 0 Å². The van der Waals surface area contributed by atoms with Crippen LogP contribution in [0.25, 0.3) is 0 Å². The lowest BCUT2D eigenvalue weighted by Crippen LogP contribution is -2.17. The van der Waals surface area contributed by atoms with Crippen molar-refractivity contribution in [3.8, 4) is 5.75 Å². The van der Waals surface area contributed by atoms with Gasteiger partial charge >= 0.3 is 0 Å². The molecule has 0 amide bonds. The molecule has 5 nitrogen and oxygen atoms in total. The Hall–Kier alpha value is -1.92. The van der Waals surface area contributed by atoms with Crippen LogP contribution in [0.1, 0.15) is 23.4 Å². The van der Waals surface area contributed by atoms with E-state index in [0.717, 1.165) is 5.56 Å². The average Bonchev–Trinajstić information content (AvgIpc) is 2.98. The normalized spacial score (nSPS) is 12.1. The number of nitrogens with zero attached hydrogens (tertiary/aromatic N) is 1. The first-order chi connectivity index (χ1) is 9.60. The van der Waals surface area contributed by atoms with E-state index in [1.54, 1.807) is 23.5 Å². The minimum atomic E-state index is -0.408. The number of rotatable bonds is 6. The van der Waals surface area contributed by atoms with Crippen LogP contribution < -0.4 is 10.1 Å². The third-order valence-corrected chi connectivity index (χ3v) is 4.03. The smallest absolute Gasteiger partial charge is 0.273 e. The number of ether oxygens (including phenoxy) is 1. The maximum atomic E-state index is 10.9. The van der Waals surface area contributed by atoms with E-state index < -0.39 is 4.92 Å². The van der Waals surface area contributed by atoms with Crippen LogP contribution in [0.5, 0.6) is 5.75 Å². The van der Waals surface area contributed by atoms with E-state index in [9.17, 15) is 10.1 Å². The summed E-state index contributed by atoms with van der Waals surface area (Å²) in [6.45, 7) is 2.62. The van der Waals surface area contributed by atoms with Gasteiger partial charge in [0.25, 0.3) is 5.69 Å². The lowest BCUT2D eigenvalue weighted by molar-refractivity contribution is -0.385. The van der Waals surface area contributed by atoms with Crippen molar-refractivity contribution >= 4 is 17.0 Å². The zero-order valence-corrected chi connectivity index (χ0v) is 12.1. The van der Waals surface area contributed by atoms with Crippen LogP contribution in [0.15, 0.2) is 35.7 Å². The van der Waals surface area contributed by atoms with Gasteiger partial charge < -0.3 is 10.1 Å². The van der Waals surface area contributed by atoms with Crippen molar-refractivity contribution in [2.75, 3.05) is 7.11 Å². The van der Waals surface area contributed by atoms with Gasteiger partial charge in [0.05, 0.1) is 18.1 Å². The molecule has 0 unspecified atom stereocenters. The Morgan fingerprint density at radius 2 is 2.25 bits per heavy atom. The molecule has 20 heavy (non-hydrogen) atoms. The van der Waals surface area contributed by atoms with E-state index in [4.69, 9.17) is 4.74 Å². The molecule has 0 fully saturated rings. The maximum Gasteiger partial charge on any atom is 0.273 e. The number of nitro benzene ring substituents is 1. The highest BCUT2D eigenvalue weighted by molar-refractivity contribution is 7.10. The molecule has 0 aliphatic rings. The predicted octanol–water partition coefficient (Wildman–Crippen LogP) is 3.52.